The minimum atomic E-state index is -1.03. The summed E-state index contributed by atoms with van der Waals surface area (Å²) in [5.41, 5.74) is 0.673. The molecule has 0 saturated heterocycles. The van der Waals surface area contributed by atoms with Crippen LogP contribution in [-0.2, 0) is 11.3 Å². The van der Waals surface area contributed by atoms with Crippen LogP contribution in [0.1, 0.15) is 21.6 Å². The third-order valence-corrected chi connectivity index (χ3v) is 3.36. The van der Waals surface area contributed by atoms with Gasteiger partial charge < -0.3 is 4.74 Å². The molecule has 0 spiro atoms. The number of carbonyl (C=O) groups excluding carboxylic acids is 1. The molecule has 0 aliphatic carbocycles. The molecule has 0 fully saturated rings. The second-order valence-electron chi connectivity index (χ2n) is 5.22. The number of hydrogen-bond acceptors (Lipinski definition) is 4. The zero-order valence-electron chi connectivity index (χ0n) is 12.6. The molecule has 24 heavy (non-hydrogen) atoms. The summed E-state index contributed by atoms with van der Waals surface area (Å²) in [5, 5.41) is 0. The van der Waals surface area contributed by atoms with Crippen LogP contribution in [0.2, 0.25) is 0 Å². The number of ether oxygens (including phenoxy) is 1. The SMILES string of the molecule is Cc1ccc2nc(COC(=O)c3cc(F)ccc3F)cc(=O)n2c1. The highest BCUT2D eigenvalue weighted by Crippen LogP contribution is 2.12. The molecule has 0 radical (unpaired) electrons. The van der Waals surface area contributed by atoms with Crippen molar-refractivity contribution in [2.24, 2.45) is 0 Å². The van der Waals surface area contributed by atoms with Crippen LogP contribution in [0.3, 0.4) is 0 Å². The monoisotopic (exact) mass is 330 g/mol. The molecule has 2 aromatic heterocycles. The summed E-state index contributed by atoms with van der Waals surface area (Å²) in [6.45, 7) is 1.52. The molecule has 0 unspecified atom stereocenters. The van der Waals surface area contributed by atoms with Crippen LogP contribution in [0.5, 0.6) is 0 Å². The first-order chi connectivity index (χ1) is 11.4. The van der Waals surface area contributed by atoms with Gasteiger partial charge in [0.1, 0.15) is 23.9 Å². The second-order valence-corrected chi connectivity index (χ2v) is 5.22. The van der Waals surface area contributed by atoms with Gasteiger partial charge in [0, 0.05) is 12.3 Å². The lowest BCUT2D eigenvalue weighted by Gasteiger charge is -2.07. The van der Waals surface area contributed by atoms with Crippen molar-refractivity contribution >= 4 is 11.6 Å². The van der Waals surface area contributed by atoms with Gasteiger partial charge in [0.25, 0.3) is 5.56 Å². The molecule has 7 heteroatoms. The third-order valence-electron chi connectivity index (χ3n) is 3.36. The van der Waals surface area contributed by atoms with Crippen LogP contribution in [0, 0.1) is 18.6 Å². The number of fused-ring (bicyclic) bond motifs is 1. The van der Waals surface area contributed by atoms with Gasteiger partial charge in [0.15, 0.2) is 0 Å². The number of benzene rings is 1. The van der Waals surface area contributed by atoms with E-state index in [9.17, 15) is 18.4 Å². The van der Waals surface area contributed by atoms with Gasteiger partial charge in [-0.3, -0.25) is 9.20 Å². The van der Waals surface area contributed by atoms with Crippen molar-refractivity contribution in [3.05, 3.63) is 81.4 Å². The maximum atomic E-state index is 13.5. The molecule has 5 nitrogen and oxygen atoms in total. The Morgan fingerprint density at radius 2 is 2.00 bits per heavy atom. The van der Waals surface area contributed by atoms with E-state index >= 15 is 0 Å². The summed E-state index contributed by atoms with van der Waals surface area (Å²) < 4.78 is 32.9. The van der Waals surface area contributed by atoms with E-state index in [2.05, 4.69) is 4.98 Å². The Morgan fingerprint density at radius 1 is 1.21 bits per heavy atom. The largest absolute Gasteiger partial charge is 0.455 e. The highest BCUT2D eigenvalue weighted by molar-refractivity contribution is 5.89. The molecule has 1 aromatic carbocycles. The number of pyridine rings is 1. The van der Waals surface area contributed by atoms with Crippen molar-refractivity contribution in [2.45, 2.75) is 13.5 Å². The fraction of sp³-hybridized carbons (Fsp3) is 0.118. The van der Waals surface area contributed by atoms with E-state index < -0.39 is 23.2 Å². The van der Waals surface area contributed by atoms with Crippen molar-refractivity contribution in [3.8, 4) is 0 Å². The van der Waals surface area contributed by atoms with E-state index in [0.717, 1.165) is 23.8 Å². The lowest BCUT2D eigenvalue weighted by Crippen LogP contribution is -2.17. The first-order valence-electron chi connectivity index (χ1n) is 7.05. The van der Waals surface area contributed by atoms with Crippen LogP contribution in [0.4, 0.5) is 8.78 Å². The standard InChI is InChI=1S/C17H12F2N2O3/c1-10-2-5-15-20-12(7-16(22)21(15)8-10)9-24-17(23)13-6-11(18)3-4-14(13)19/h2-8H,9H2,1H3. The van der Waals surface area contributed by atoms with Gasteiger partial charge in [-0.25, -0.2) is 18.6 Å². The molecule has 0 saturated carbocycles. The second kappa shape index (κ2) is 6.19. The highest BCUT2D eigenvalue weighted by atomic mass is 19.1. The Labute approximate surface area is 135 Å². The van der Waals surface area contributed by atoms with E-state index in [1.807, 2.05) is 6.92 Å². The van der Waals surface area contributed by atoms with E-state index in [1.54, 1.807) is 18.3 Å². The number of hydrogen-bond donors (Lipinski definition) is 0. The molecule has 0 amide bonds. The quantitative estimate of drug-likeness (QED) is 0.693. The van der Waals surface area contributed by atoms with Crippen LogP contribution < -0.4 is 5.56 Å². The third kappa shape index (κ3) is 3.15. The van der Waals surface area contributed by atoms with Crippen molar-refractivity contribution in [1.29, 1.82) is 0 Å². The van der Waals surface area contributed by atoms with Crippen molar-refractivity contribution in [1.82, 2.24) is 9.38 Å². The van der Waals surface area contributed by atoms with Gasteiger partial charge in [-0.1, -0.05) is 6.07 Å². The van der Waals surface area contributed by atoms with Crippen LogP contribution in [0.15, 0.2) is 47.4 Å². The molecule has 0 atom stereocenters. The van der Waals surface area contributed by atoms with Crippen LogP contribution >= 0.6 is 0 Å². The van der Waals surface area contributed by atoms with Gasteiger partial charge in [-0.15, -0.1) is 0 Å². The Bertz CT molecular complexity index is 999. The maximum Gasteiger partial charge on any atom is 0.341 e. The molecule has 0 N–H and O–H groups in total. The molecular formula is C17H12F2N2O3. The smallest absolute Gasteiger partial charge is 0.341 e. The summed E-state index contributed by atoms with van der Waals surface area (Å²) in [7, 11) is 0. The molecular weight excluding hydrogens is 318 g/mol. The van der Waals surface area contributed by atoms with Crippen molar-refractivity contribution < 1.29 is 18.3 Å². The number of aryl methyl sites for hydroxylation is 1. The zero-order chi connectivity index (χ0) is 17.3. The summed E-state index contributed by atoms with van der Waals surface area (Å²) in [6.07, 6.45) is 1.64. The van der Waals surface area contributed by atoms with Gasteiger partial charge in [-0.05, 0) is 36.8 Å². The number of esters is 1. The minimum Gasteiger partial charge on any atom is -0.455 e. The Hall–Kier alpha value is -3.09. The number of halogens is 2. The Kier molecular flexibility index (Phi) is 4.07. The average Bonchev–Trinajstić information content (AvgIpc) is 2.55. The van der Waals surface area contributed by atoms with E-state index in [4.69, 9.17) is 4.74 Å². The Balaban J connectivity index is 1.83. The summed E-state index contributed by atoms with van der Waals surface area (Å²) in [4.78, 5) is 28.1. The number of nitrogens with zero attached hydrogens (tertiary/aromatic N) is 2. The molecule has 0 aliphatic rings. The molecule has 2 heterocycles. The van der Waals surface area contributed by atoms with Gasteiger partial charge in [0.05, 0.1) is 11.3 Å². The molecule has 0 bridgehead atoms. The van der Waals surface area contributed by atoms with E-state index in [1.165, 1.54) is 10.5 Å². The summed E-state index contributed by atoms with van der Waals surface area (Å²) in [6, 6.07) is 7.17. The summed E-state index contributed by atoms with van der Waals surface area (Å²) >= 11 is 0. The molecule has 3 rings (SSSR count). The van der Waals surface area contributed by atoms with E-state index in [-0.39, 0.29) is 17.9 Å². The lowest BCUT2D eigenvalue weighted by molar-refractivity contribution is 0.0461. The Morgan fingerprint density at radius 3 is 2.79 bits per heavy atom. The van der Waals surface area contributed by atoms with E-state index in [0.29, 0.717) is 5.65 Å². The number of aromatic nitrogens is 2. The minimum absolute atomic E-state index is 0.217. The topological polar surface area (TPSA) is 60.7 Å². The molecule has 0 aliphatic heterocycles. The maximum absolute atomic E-state index is 13.5. The van der Waals surface area contributed by atoms with Gasteiger partial charge in [-0.2, -0.15) is 0 Å². The number of rotatable bonds is 3. The van der Waals surface area contributed by atoms with Gasteiger partial charge >= 0.3 is 5.97 Å². The predicted octanol–water partition coefficient (Wildman–Crippen LogP) is 2.64. The predicted molar refractivity (Wildman–Crippen MR) is 81.7 cm³/mol. The first-order valence-corrected chi connectivity index (χ1v) is 7.05. The highest BCUT2D eigenvalue weighted by Gasteiger charge is 2.15. The fourth-order valence-electron chi connectivity index (χ4n) is 2.20. The van der Waals surface area contributed by atoms with Crippen molar-refractivity contribution in [3.63, 3.8) is 0 Å². The lowest BCUT2D eigenvalue weighted by atomic mass is 10.2. The fourth-order valence-corrected chi connectivity index (χ4v) is 2.20. The first kappa shape index (κ1) is 15.8. The van der Waals surface area contributed by atoms with Crippen LogP contribution in [-0.4, -0.2) is 15.4 Å². The normalized spacial score (nSPS) is 10.8. The average molecular weight is 330 g/mol. The van der Waals surface area contributed by atoms with Crippen LogP contribution in [0.25, 0.3) is 5.65 Å². The van der Waals surface area contributed by atoms with Gasteiger partial charge in [0.2, 0.25) is 0 Å². The number of carbonyl (C=O) groups is 1. The zero-order valence-corrected chi connectivity index (χ0v) is 12.6. The molecule has 122 valence electrons. The molecule has 3 aromatic rings. The van der Waals surface area contributed by atoms with Crippen molar-refractivity contribution in [2.75, 3.05) is 0 Å². The summed E-state index contributed by atoms with van der Waals surface area (Å²) in [5.74, 6) is -2.66.